The molecule has 0 aromatic heterocycles. The Morgan fingerprint density at radius 1 is 1.15 bits per heavy atom. The number of hydrogen-bond donors (Lipinski definition) is 1. The fourth-order valence-electron chi connectivity index (χ4n) is 2.75. The smallest absolute Gasteiger partial charge is 0.125 e. The van der Waals surface area contributed by atoms with Crippen LogP contribution in [0.2, 0.25) is 0 Å². The van der Waals surface area contributed by atoms with Crippen LogP contribution in [-0.2, 0) is 5.41 Å². The summed E-state index contributed by atoms with van der Waals surface area (Å²) in [5.74, 6) is 0.939. The van der Waals surface area contributed by atoms with Gasteiger partial charge in [-0.05, 0) is 43.0 Å². The first-order valence-corrected chi connectivity index (χ1v) is 7.72. The van der Waals surface area contributed by atoms with Crippen molar-refractivity contribution in [2.45, 2.75) is 45.4 Å². The van der Waals surface area contributed by atoms with Crippen LogP contribution in [0.15, 0.2) is 18.2 Å². The standard InChI is InChI=1S/C17H28N2O/c1-17(2,3)15-8-7-14(18)13-16(15)20-12-11-19-9-5-4-6-10-19/h7-8,13H,4-6,9-12,18H2,1-3H3. The molecule has 0 atom stereocenters. The summed E-state index contributed by atoms with van der Waals surface area (Å²) in [7, 11) is 0. The summed E-state index contributed by atoms with van der Waals surface area (Å²) in [6, 6.07) is 6.00. The Morgan fingerprint density at radius 2 is 1.85 bits per heavy atom. The molecule has 1 fully saturated rings. The summed E-state index contributed by atoms with van der Waals surface area (Å²) in [5.41, 5.74) is 7.97. The van der Waals surface area contributed by atoms with E-state index in [9.17, 15) is 0 Å². The summed E-state index contributed by atoms with van der Waals surface area (Å²) in [4.78, 5) is 2.49. The average molecular weight is 276 g/mol. The molecule has 3 heteroatoms. The van der Waals surface area contributed by atoms with Gasteiger partial charge in [-0.25, -0.2) is 0 Å². The zero-order valence-electron chi connectivity index (χ0n) is 13.1. The molecule has 0 unspecified atom stereocenters. The fourth-order valence-corrected chi connectivity index (χ4v) is 2.75. The molecular weight excluding hydrogens is 248 g/mol. The van der Waals surface area contributed by atoms with Crippen LogP contribution < -0.4 is 10.5 Å². The SMILES string of the molecule is CC(C)(C)c1ccc(N)cc1OCCN1CCCCC1. The van der Waals surface area contributed by atoms with Crippen molar-refractivity contribution in [3.63, 3.8) is 0 Å². The maximum absolute atomic E-state index is 6.03. The zero-order valence-corrected chi connectivity index (χ0v) is 13.1. The molecule has 1 heterocycles. The van der Waals surface area contributed by atoms with E-state index < -0.39 is 0 Å². The van der Waals surface area contributed by atoms with Crippen LogP contribution in [0.25, 0.3) is 0 Å². The number of anilines is 1. The third-order valence-electron chi connectivity index (χ3n) is 3.93. The van der Waals surface area contributed by atoms with Gasteiger partial charge in [0, 0.05) is 18.3 Å². The summed E-state index contributed by atoms with van der Waals surface area (Å²) in [6.07, 6.45) is 4.03. The van der Waals surface area contributed by atoms with Crippen molar-refractivity contribution >= 4 is 5.69 Å². The highest BCUT2D eigenvalue weighted by Crippen LogP contribution is 2.32. The largest absolute Gasteiger partial charge is 0.492 e. The summed E-state index contributed by atoms with van der Waals surface area (Å²) in [6.45, 7) is 10.8. The van der Waals surface area contributed by atoms with E-state index in [0.29, 0.717) is 0 Å². The Labute approximate surface area is 123 Å². The molecule has 1 aliphatic rings. The summed E-state index contributed by atoms with van der Waals surface area (Å²) < 4.78 is 6.03. The Bertz CT molecular complexity index is 431. The van der Waals surface area contributed by atoms with Crippen LogP contribution in [0.3, 0.4) is 0 Å². The van der Waals surface area contributed by atoms with Crippen molar-refractivity contribution in [1.29, 1.82) is 0 Å². The van der Waals surface area contributed by atoms with Crippen molar-refractivity contribution in [3.05, 3.63) is 23.8 Å². The minimum Gasteiger partial charge on any atom is -0.492 e. The number of piperidine rings is 1. The second-order valence-electron chi connectivity index (χ2n) is 6.76. The van der Waals surface area contributed by atoms with E-state index in [1.807, 2.05) is 12.1 Å². The Morgan fingerprint density at radius 3 is 2.50 bits per heavy atom. The fraction of sp³-hybridized carbons (Fsp3) is 0.647. The highest BCUT2D eigenvalue weighted by atomic mass is 16.5. The van der Waals surface area contributed by atoms with Crippen LogP contribution in [0.5, 0.6) is 5.75 Å². The normalized spacial score (nSPS) is 17.1. The minimum atomic E-state index is 0.0775. The molecule has 0 aliphatic carbocycles. The molecule has 20 heavy (non-hydrogen) atoms. The molecule has 2 rings (SSSR count). The number of rotatable bonds is 4. The van der Waals surface area contributed by atoms with Gasteiger partial charge in [-0.15, -0.1) is 0 Å². The molecule has 1 saturated heterocycles. The van der Waals surface area contributed by atoms with Crippen LogP contribution in [0.4, 0.5) is 5.69 Å². The molecule has 1 aliphatic heterocycles. The Balaban J connectivity index is 1.95. The first-order chi connectivity index (χ1) is 9.47. The quantitative estimate of drug-likeness (QED) is 0.856. The first kappa shape index (κ1) is 15.2. The van der Waals surface area contributed by atoms with E-state index in [4.69, 9.17) is 10.5 Å². The third kappa shape index (κ3) is 4.14. The number of nitrogens with zero attached hydrogens (tertiary/aromatic N) is 1. The monoisotopic (exact) mass is 276 g/mol. The second kappa shape index (κ2) is 6.49. The van der Waals surface area contributed by atoms with Crippen molar-refractivity contribution < 1.29 is 4.74 Å². The molecule has 0 bridgehead atoms. The lowest BCUT2D eigenvalue weighted by molar-refractivity contribution is 0.182. The van der Waals surface area contributed by atoms with Gasteiger partial charge in [-0.3, -0.25) is 4.90 Å². The molecule has 2 N–H and O–H groups in total. The first-order valence-electron chi connectivity index (χ1n) is 7.72. The summed E-state index contributed by atoms with van der Waals surface area (Å²) >= 11 is 0. The van der Waals surface area contributed by atoms with E-state index in [0.717, 1.165) is 24.6 Å². The predicted molar refractivity (Wildman–Crippen MR) is 85.3 cm³/mol. The van der Waals surface area contributed by atoms with Gasteiger partial charge < -0.3 is 10.5 Å². The van der Waals surface area contributed by atoms with Crippen LogP contribution in [-0.4, -0.2) is 31.1 Å². The molecule has 1 aromatic rings. The van der Waals surface area contributed by atoms with Crippen molar-refractivity contribution in [3.8, 4) is 5.75 Å². The lowest BCUT2D eigenvalue weighted by Crippen LogP contribution is -2.33. The highest BCUT2D eigenvalue weighted by Gasteiger charge is 2.19. The second-order valence-corrected chi connectivity index (χ2v) is 6.76. The van der Waals surface area contributed by atoms with Crippen LogP contribution >= 0.6 is 0 Å². The van der Waals surface area contributed by atoms with Gasteiger partial charge in [0.15, 0.2) is 0 Å². The van der Waals surface area contributed by atoms with Crippen LogP contribution in [0.1, 0.15) is 45.6 Å². The zero-order chi connectivity index (χ0) is 14.6. The number of nitrogens with two attached hydrogens (primary N) is 1. The maximum Gasteiger partial charge on any atom is 0.125 e. The van der Waals surface area contributed by atoms with Crippen molar-refractivity contribution in [2.75, 3.05) is 32.0 Å². The number of hydrogen-bond acceptors (Lipinski definition) is 3. The maximum atomic E-state index is 6.03. The molecule has 1 aromatic carbocycles. The average Bonchev–Trinajstić information content (AvgIpc) is 2.38. The molecule has 112 valence electrons. The van der Waals surface area contributed by atoms with Gasteiger partial charge in [-0.1, -0.05) is 33.3 Å². The number of ether oxygens (including phenoxy) is 1. The molecule has 0 radical (unpaired) electrons. The van der Waals surface area contributed by atoms with E-state index in [1.165, 1.54) is 37.9 Å². The van der Waals surface area contributed by atoms with Gasteiger partial charge >= 0.3 is 0 Å². The molecular formula is C17H28N2O. The van der Waals surface area contributed by atoms with E-state index >= 15 is 0 Å². The van der Waals surface area contributed by atoms with E-state index in [-0.39, 0.29) is 5.41 Å². The lowest BCUT2D eigenvalue weighted by atomic mass is 9.86. The third-order valence-corrected chi connectivity index (χ3v) is 3.93. The number of nitrogen functional groups attached to an aromatic ring is 1. The minimum absolute atomic E-state index is 0.0775. The summed E-state index contributed by atoms with van der Waals surface area (Å²) in [5, 5.41) is 0. The Hall–Kier alpha value is -1.22. The topological polar surface area (TPSA) is 38.5 Å². The molecule has 0 amide bonds. The van der Waals surface area contributed by atoms with Gasteiger partial charge in [0.2, 0.25) is 0 Å². The molecule has 0 saturated carbocycles. The van der Waals surface area contributed by atoms with E-state index in [2.05, 4.69) is 31.7 Å². The molecule has 0 spiro atoms. The lowest BCUT2D eigenvalue weighted by Gasteiger charge is -2.27. The van der Waals surface area contributed by atoms with Crippen LogP contribution in [0, 0.1) is 0 Å². The Kier molecular flexibility index (Phi) is 4.92. The number of benzene rings is 1. The van der Waals surface area contributed by atoms with Gasteiger partial charge in [0.05, 0.1) is 0 Å². The molecule has 3 nitrogen and oxygen atoms in total. The van der Waals surface area contributed by atoms with E-state index in [1.54, 1.807) is 0 Å². The van der Waals surface area contributed by atoms with Gasteiger partial charge in [0.1, 0.15) is 12.4 Å². The number of likely N-dealkylation sites (tertiary alicyclic amines) is 1. The predicted octanol–water partition coefficient (Wildman–Crippen LogP) is 3.43. The van der Waals surface area contributed by atoms with Crippen molar-refractivity contribution in [1.82, 2.24) is 4.90 Å². The van der Waals surface area contributed by atoms with Gasteiger partial charge in [0.25, 0.3) is 0 Å². The highest BCUT2D eigenvalue weighted by molar-refractivity contribution is 5.50. The van der Waals surface area contributed by atoms with Gasteiger partial charge in [-0.2, -0.15) is 0 Å². The van der Waals surface area contributed by atoms with Crippen molar-refractivity contribution in [2.24, 2.45) is 0 Å².